The maximum atomic E-state index is 12.0. The van der Waals surface area contributed by atoms with Crippen molar-refractivity contribution >= 4 is 23.8 Å². The molecule has 0 unspecified atom stereocenters. The first-order valence-electron chi connectivity index (χ1n) is 7.39. The minimum Gasteiger partial charge on any atom is -0.368 e. The van der Waals surface area contributed by atoms with E-state index in [1.807, 2.05) is 11.9 Å². The molecule has 3 rings (SSSR count). The van der Waals surface area contributed by atoms with Gasteiger partial charge in [-0.15, -0.1) is 0 Å². The van der Waals surface area contributed by atoms with Crippen LogP contribution in [0.2, 0.25) is 0 Å². The lowest BCUT2D eigenvalue weighted by Crippen LogP contribution is -2.35. The number of rotatable bonds is 2. The summed E-state index contributed by atoms with van der Waals surface area (Å²) in [6.07, 6.45) is 3.19. The molecule has 3 heterocycles. The number of carbonyl (C=O) groups is 1. The number of anilines is 3. The molecule has 1 amide bonds. The van der Waals surface area contributed by atoms with Crippen molar-refractivity contribution in [2.45, 2.75) is 19.3 Å². The Hall–Kier alpha value is -2.12. The number of nitrogens with two attached hydrogens (primary N) is 1. The summed E-state index contributed by atoms with van der Waals surface area (Å²) < 4.78 is 0. The van der Waals surface area contributed by atoms with E-state index in [1.54, 1.807) is 4.90 Å². The van der Waals surface area contributed by atoms with Crippen LogP contribution >= 0.6 is 0 Å². The third-order valence-electron chi connectivity index (χ3n) is 3.97. The molecule has 1 aromatic heterocycles. The van der Waals surface area contributed by atoms with E-state index in [2.05, 4.69) is 19.9 Å². The summed E-state index contributed by atoms with van der Waals surface area (Å²) >= 11 is 0. The first-order valence-corrected chi connectivity index (χ1v) is 7.39. The van der Waals surface area contributed by atoms with Crippen LogP contribution in [0.3, 0.4) is 0 Å². The Bertz CT molecular complexity index is 529. The molecule has 0 bridgehead atoms. The number of hydrogen-bond acceptors (Lipinski definition) is 7. The van der Waals surface area contributed by atoms with E-state index >= 15 is 0 Å². The summed E-state index contributed by atoms with van der Waals surface area (Å²) in [4.78, 5) is 30.7. The molecular formula is C13H21N7O. The smallest absolute Gasteiger partial charge is 0.241 e. The normalized spacial score (nSPS) is 20.0. The van der Waals surface area contributed by atoms with E-state index in [9.17, 15) is 4.79 Å². The Labute approximate surface area is 124 Å². The van der Waals surface area contributed by atoms with Gasteiger partial charge in [-0.3, -0.25) is 4.79 Å². The summed E-state index contributed by atoms with van der Waals surface area (Å²) in [5.41, 5.74) is 5.82. The van der Waals surface area contributed by atoms with Gasteiger partial charge in [0.2, 0.25) is 23.8 Å². The standard InChI is InChI=1S/C13H21N7O/c1-18-5-4-8-20(9-10(18)21)13-16-11(14)15-12(17-13)19-6-2-3-7-19/h2-9H2,1H3,(H2,14,15,16,17). The van der Waals surface area contributed by atoms with Crippen LogP contribution in [0, 0.1) is 0 Å². The first-order chi connectivity index (χ1) is 10.1. The van der Waals surface area contributed by atoms with Gasteiger partial charge in [-0.05, 0) is 19.3 Å². The van der Waals surface area contributed by atoms with Crippen molar-refractivity contribution in [3.8, 4) is 0 Å². The van der Waals surface area contributed by atoms with E-state index in [1.165, 1.54) is 0 Å². The zero-order chi connectivity index (χ0) is 14.8. The predicted octanol–water partition coefficient (Wildman–Crippen LogP) is -0.277. The number of carbonyl (C=O) groups excluding carboxylic acids is 1. The Balaban J connectivity index is 1.85. The van der Waals surface area contributed by atoms with E-state index in [4.69, 9.17) is 5.73 Å². The highest BCUT2D eigenvalue weighted by Gasteiger charge is 2.23. The van der Waals surface area contributed by atoms with Gasteiger partial charge in [-0.25, -0.2) is 0 Å². The second-order valence-electron chi connectivity index (χ2n) is 5.58. The lowest BCUT2D eigenvalue weighted by Gasteiger charge is -2.22. The second-order valence-corrected chi connectivity index (χ2v) is 5.58. The van der Waals surface area contributed by atoms with E-state index in [-0.39, 0.29) is 11.9 Å². The Morgan fingerprint density at radius 1 is 0.905 bits per heavy atom. The third kappa shape index (κ3) is 2.98. The summed E-state index contributed by atoms with van der Waals surface area (Å²) in [6, 6.07) is 0. The van der Waals surface area contributed by atoms with Gasteiger partial charge in [0.25, 0.3) is 0 Å². The molecule has 0 atom stereocenters. The zero-order valence-corrected chi connectivity index (χ0v) is 12.3. The maximum Gasteiger partial charge on any atom is 0.241 e. The SMILES string of the molecule is CN1CCCN(c2nc(N)nc(N3CCCC3)n2)CC1=O. The van der Waals surface area contributed by atoms with Gasteiger partial charge in [0, 0.05) is 33.2 Å². The van der Waals surface area contributed by atoms with Crippen molar-refractivity contribution in [3.63, 3.8) is 0 Å². The Morgan fingerprint density at radius 3 is 2.24 bits per heavy atom. The Morgan fingerprint density at radius 2 is 1.52 bits per heavy atom. The van der Waals surface area contributed by atoms with Crippen LogP contribution < -0.4 is 15.5 Å². The Kier molecular flexibility index (Phi) is 3.76. The van der Waals surface area contributed by atoms with Gasteiger partial charge in [0.1, 0.15) is 0 Å². The van der Waals surface area contributed by atoms with Crippen LogP contribution in [0.15, 0.2) is 0 Å². The van der Waals surface area contributed by atoms with Crippen LogP contribution in [0.1, 0.15) is 19.3 Å². The molecule has 21 heavy (non-hydrogen) atoms. The van der Waals surface area contributed by atoms with Crippen LogP contribution in [-0.4, -0.2) is 65.5 Å². The van der Waals surface area contributed by atoms with Gasteiger partial charge in [0.05, 0.1) is 6.54 Å². The number of nitrogens with zero attached hydrogens (tertiary/aromatic N) is 6. The molecule has 0 saturated carbocycles. The number of likely N-dealkylation sites (N-methyl/N-ethyl adjacent to an activating group) is 1. The number of aromatic nitrogens is 3. The molecule has 2 aliphatic rings. The molecule has 0 aromatic carbocycles. The van der Waals surface area contributed by atoms with E-state index < -0.39 is 0 Å². The van der Waals surface area contributed by atoms with Crippen molar-refractivity contribution in [2.24, 2.45) is 0 Å². The highest BCUT2D eigenvalue weighted by Crippen LogP contribution is 2.20. The summed E-state index contributed by atoms with van der Waals surface area (Å²) in [7, 11) is 1.82. The lowest BCUT2D eigenvalue weighted by atomic mass is 10.4. The molecule has 8 nitrogen and oxygen atoms in total. The highest BCUT2D eigenvalue weighted by atomic mass is 16.2. The maximum absolute atomic E-state index is 12.0. The molecule has 2 aliphatic heterocycles. The lowest BCUT2D eigenvalue weighted by molar-refractivity contribution is -0.127. The summed E-state index contributed by atoms with van der Waals surface area (Å²) in [5.74, 6) is 1.43. The van der Waals surface area contributed by atoms with Crippen LogP contribution in [0.5, 0.6) is 0 Å². The van der Waals surface area contributed by atoms with Crippen molar-refractivity contribution in [1.29, 1.82) is 0 Å². The van der Waals surface area contributed by atoms with Crippen molar-refractivity contribution < 1.29 is 4.79 Å². The number of hydrogen-bond donors (Lipinski definition) is 1. The molecule has 1 aromatic rings. The van der Waals surface area contributed by atoms with E-state index in [0.29, 0.717) is 18.4 Å². The van der Waals surface area contributed by atoms with Crippen LogP contribution in [-0.2, 0) is 4.79 Å². The monoisotopic (exact) mass is 291 g/mol. The average molecular weight is 291 g/mol. The molecule has 2 saturated heterocycles. The van der Waals surface area contributed by atoms with Gasteiger partial charge >= 0.3 is 0 Å². The predicted molar refractivity (Wildman–Crippen MR) is 80.2 cm³/mol. The molecule has 114 valence electrons. The fraction of sp³-hybridized carbons (Fsp3) is 0.692. The largest absolute Gasteiger partial charge is 0.368 e. The summed E-state index contributed by atoms with van der Waals surface area (Å²) in [5, 5.41) is 0. The van der Waals surface area contributed by atoms with Gasteiger partial charge < -0.3 is 20.4 Å². The molecule has 0 spiro atoms. The highest BCUT2D eigenvalue weighted by molar-refractivity contribution is 5.81. The molecular weight excluding hydrogens is 270 g/mol. The molecule has 0 aliphatic carbocycles. The van der Waals surface area contributed by atoms with Crippen molar-refractivity contribution in [1.82, 2.24) is 19.9 Å². The van der Waals surface area contributed by atoms with E-state index in [0.717, 1.165) is 45.4 Å². The molecule has 2 N–H and O–H groups in total. The number of nitrogen functional groups attached to an aromatic ring is 1. The van der Waals surface area contributed by atoms with Gasteiger partial charge in [-0.2, -0.15) is 15.0 Å². The van der Waals surface area contributed by atoms with Gasteiger partial charge in [-0.1, -0.05) is 0 Å². The second kappa shape index (κ2) is 5.71. The topological polar surface area (TPSA) is 91.5 Å². The van der Waals surface area contributed by atoms with Crippen LogP contribution in [0.4, 0.5) is 17.8 Å². The summed E-state index contributed by atoms with van der Waals surface area (Å²) in [6.45, 7) is 3.70. The quantitative estimate of drug-likeness (QED) is 0.801. The average Bonchev–Trinajstić information content (AvgIpc) is 2.94. The van der Waals surface area contributed by atoms with Gasteiger partial charge in [0.15, 0.2) is 0 Å². The third-order valence-corrected chi connectivity index (χ3v) is 3.97. The van der Waals surface area contributed by atoms with Crippen LogP contribution in [0.25, 0.3) is 0 Å². The zero-order valence-electron chi connectivity index (χ0n) is 12.3. The first kappa shape index (κ1) is 13.8. The molecule has 8 heteroatoms. The fourth-order valence-corrected chi connectivity index (χ4v) is 2.73. The van der Waals surface area contributed by atoms with Crippen molar-refractivity contribution in [3.05, 3.63) is 0 Å². The molecule has 0 radical (unpaired) electrons. The number of amides is 1. The minimum atomic E-state index is 0.0780. The van der Waals surface area contributed by atoms with Crippen molar-refractivity contribution in [2.75, 3.05) is 55.3 Å². The molecule has 2 fully saturated rings. The fourth-order valence-electron chi connectivity index (χ4n) is 2.73. The minimum absolute atomic E-state index is 0.0780.